The van der Waals surface area contributed by atoms with Gasteiger partial charge in [0.2, 0.25) is 0 Å². The van der Waals surface area contributed by atoms with E-state index < -0.39 is 0 Å². The molecule has 1 unspecified atom stereocenters. The molecular formula is C15H15ClFNO2. The quantitative estimate of drug-likeness (QED) is 0.823. The topological polar surface area (TPSA) is 41.5 Å². The molecule has 20 heavy (non-hydrogen) atoms. The van der Waals surface area contributed by atoms with Gasteiger partial charge in [0.05, 0.1) is 23.7 Å². The van der Waals surface area contributed by atoms with Gasteiger partial charge in [-0.25, -0.2) is 4.39 Å². The molecule has 2 N–H and O–H groups in total. The van der Waals surface area contributed by atoms with Crippen LogP contribution in [0.2, 0.25) is 5.02 Å². The predicted octanol–water partition coefficient (Wildman–Crippen LogP) is 4.37. The van der Waals surface area contributed by atoms with E-state index >= 15 is 0 Å². The smallest absolute Gasteiger partial charge is 0.134 e. The lowest BCUT2D eigenvalue weighted by Crippen LogP contribution is -2.10. The molecule has 0 aliphatic carbocycles. The lowest BCUT2D eigenvalue weighted by molar-refractivity contribution is 0.402. The van der Waals surface area contributed by atoms with Gasteiger partial charge in [-0.1, -0.05) is 17.7 Å². The van der Waals surface area contributed by atoms with Crippen molar-refractivity contribution in [3.63, 3.8) is 0 Å². The minimum atomic E-state index is -0.339. The molecule has 106 valence electrons. The molecule has 1 atom stereocenters. The maximum atomic E-state index is 13.9. The fourth-order valence-corrected chi connectivity index (χ4v) is 2.21. The number of aromatic hydroxyl groups is 1. The Morgan fingerprint density at radius 3 is 2.70 bits per heavy atom. The molecule has 0 amide bonds. The number of phenols is 1. The Morgan fingerprint density at radius 2 is 2.05 bits per heavy atom. The summed E-state index contributed by atoms with van der Waals surface area (Å²) in [6.45, 7) is 1.82. The third-order valence-electron chi connectivity index (χ3n) is 3.00. The number of hydrogen-bond acceptors (Lipinski definition) is 3. The van der Waals surface area contributed by atoms with Crippen LogP contribution in [0.5, 0.6) is 11.5 Å². The summed E-state index contributed by atoms with van der Waals surface area (Å²) in [5.74, 6) is 0.150. The fraction of sp³-hybridized carbons (Fsp3) is 0.200. The van der Waals surface area contributed by atoms with E-state index in [4.69, 9.17) is 16.3 Å². The van der Waals surface area contributed by atoms with Gasteiger partial charge in [-0.05, 0) is 37.3 Å². The van der Waals surface area contributed by atoms with Crippen LogP contribution in [0.3, 0.4) is 0 Å². The third kappa shape index (κ3) is 2.96. The van der Waals surface area contributed by atoms with E-state index in [1.54, 1.807) is 24.3 Å². The minimum absolute atomic E-state index is 0.00772. The van der Waals surface area contributed by atoms with Crippen molar-refractivity contribution in [1.29, 1.82) is 0 Å². The SMILES string of the molecule is COc1cccc(F)c1C(C)Nc1ccc(O)c(Cl)c1. The first-order chi connectivity index (χ1) is 9.52. The van der Waals surface area contributed by atoms with Crippen LogP contribution in [0.15, 0.2) is 36.4 Å². The number of phenolic OH excluding ortho intramolecular Hbond substituents is 1. The molecule has 0 heterocycles. The van der Waals surface area contributed by atoms with Crippen LogP contribution in [0, 0.1) is 5.82 Å². The molecule has 2 aromatic carbocycles. The van der Waals surface area contributed by atoms with E-state index in [-0.39, 0.29) is 22.6 Å². The average molecular weight is 296 g/mol. The van der Waals surface area contributed by atoms with Crippen LogP contribution in [0.4, 0.5) is 10.1 Å². The van der Waals surface area contributed by atoms with Crippen molar-refractivity contribution in [2.45, 2.75) is 13.0 Å². The van der Waals surface area contributed by atoms with Crippen molar-refractivity contribution in [2.24, 2.45) is 0 Å². The molecule has 0 aliphatic heterocycles. The van der Waals surface area contributed by atoms with Gasteiger partial charge in [-0.15, -0.1) is 0 Å². The second-order valence-corrected chi connectivity index (χ2v) is 4.80. The number of methoxy groups -OCH3 is 1. The molecule has 0 aromatic heterocycles. The number of hydrogen-bond donors (Lipinski definition) is 2. The van der Waals surface area contributed by atoms with Crippen LogP contribution in [-0.4, -0.2) is 12.2 Å². The second kappa shape index (κ2) is 6.01. The Bertz CT molecular complexity index is 619. The van der Waals surface area contributed by atoms with Crippen molar-refractivity contribution in [2.75, 3.05) is 12.4 Å². The van der Waals surface area contributed by atoms with Crippen LogP contribution in [0.25, 0.3) is 0 Å². The van der Waals surface area contributed by atoms with Crippen LogP contribution >= 0.6 is 11.6 Å². The number of halogens is 2. The Morgan fingerprint density at radius 1 is 1.30 bits per heavy atom. The second-order valence-electron chi connectivity index (χ2n) is 4.39. The van der Waals surface area contributed by atoms with Gasteiger partial charge >= 0.3 is 0 Å². The van der Waals surface area contributed by atoms with E-state index in [0.717, 1.165) is 0 Å². The Balaban J connectivity index is 2.28. The Hall–Kier alpha value is -1.94. The maximum absolute atomic E-state index is 13.9. The highest BCUT2D eigenvalue weighted by atomic mass is 35.5. The minimum Gasteiger partial charge on any atom is -0.506 e. The number of rotatable bonds is 4. The standard InChI is InChI=1S/C15H15ClFNO2/c1-9(15-12(17)4-3-5-14(15)20-2)18-10-6-7-13(19)11(16)8-10/h3-9,18-19H,1-2H3. The van der Waals surface area contributed by atoms with E-state index in [2.05, 4.69) is 5.32 Å². The summed E-state index contributed by atoms with van der Waals surface area (Å²) in [5, 5.41) is 12.7. The van der Waals surface area contributed by atoms with Crippen LogP contribution in [0.1, 0.15) is 18.5 Å². The van der Waals surface area contributed by atoms with Crippen LogP contribution < -0.4 is 10.1 Å². The van der Waals surface area contributed by atoms with E-state index in [0.29, 0.717) is 17.0 Å². The normalized spacial score (nSPS) is 12.0. The third-order valence-corrected chi connectivity index (χ3v) is 3.30. The summed E-state index contributed by atoms with van der Waals surface area (Å²) in [5.41, 5.74) is 1.13. The molecule has 3 nitrogen and oxygen atoms in total. The zero-order valence-corrected chi connectivity index (χ0v) is 11.9. The van der Waals surface area contributed by atoms with Crippen molar-refractivity contribution in [3.05, 3.63) is 52.8 Å². The predicted molar refractivity (Wildman–Crippen MR) is 78.1 cm³/mol. The summed E-state index contributed by atoms with van der Waals surface area (Å²) >= 11 is 5.84. The first kappa shape index (κ1) is 14.5. The van der Waals surface area contributed by atoms with E-state index in [1.165, 1.54) is 19.2 Å². The Kier molecular flexibility index (Phi) is 4.35. The maximum Gasteiger partial charge on any atom is 0.134 e. The van der Waals surface area contributed by atoms with Crippen molar-refractivity contribution in [1.82, 2.24) is 0 Å². The highest BCUT2D eigenvalue weighted by Crippen LogP contribution is 2.32. The molecule has 2 rings (SSSR count). The summed E-state index contributed by atoms with van der Waals surface area (Å²) in [6, 6.07) is 9.12. The molecular weight excluding hydrogens is 281 g/mol. The first-order valence-electron chi connectivity index (χ1n) is 6.10. The van der Waals surface area contributed by atoms with Crippen molar-refractivity contribution >= 4 is 17.3 Å². The highest BCUT2D eigenvalue weighted by molar-refractivity contribution is 6.32. The number of benzene rings is 2. The van der Waals surface area contributed by atoms with Crippen LogP contribution in [-0.2, 0) is 0 Å². The van der Waals surface area contributed by atoms with Gasteiger partial charge in [0.1, 0.15) is 17.3 Å². The van der Waals surface area contributed by atoms with Gasteiger partial charge in [-0.3, -0.25) is 0 Å². The summed E-state index contributed by atoms with van der Waals surface area (Å²) in [6.07, 6.45) is 0. The molecule has 5 heteroatoms. The zero-order chi connectivity index (χ0) is 14.7. The molecule has 0 fully saturated rings. The van der Waals surface area contributed by atoms with Crippen molar-refractivity contribution < 1.29 is 14.2 Å². The molecule has 0 saturated heterocycles. The summed E-state index contributed by atoms with van der Waals surface area (Å²) < 4.78 is 19.1. The average Bonchev–Trinajstić information content (AvgIpc) is 2.42. The molecule has 2 aromatic rings. The van der Waals surface area contributed by atoms with Gasteiger partial charge < -0.3 is 15.2 Å². The summed E-state index contributed by atoms with van der Waals surface area (Å²) in [7, 11) is 1.50. The summed E-state index contributed by atoms with van der Waals surface area (Å²) in [4.78, 5) is 0. The zero-order valence-electron chi connectivity index (χ0n) is 11.2. The first-order valence-corrected chi connectivity index (χ1v) is 6.48. The Labute approximate surface area is 122 Å². The van der Waals surface area contributed by atoms with Gasteiger partial charge in [0, 0.05) is 5.69 Å². The lowest BCUT2D eigenvalue weighted by Gasteiger charge is -2.19. The number of anilines is 1. The van der Waals surface area contributed by atoms with E-state index in [9.17, 15) is 9.50 Å². The largest absolute Gasteiger partial charge is 0.506 e. The van der Waals surface area contributed by atoms with Gasteiger partial charge in [0.15, 0.2) is 0 Å². The number of nitrogens with one attached hydrogen (secondary N) is 1. The molecule has 0 spiro atoms. The van der Waals surface area contributed by atoms with Crippen molar-refractivity contribution in [3.8, 4) is 11.5 Å². The number of ether oxygens (including phenoxy) is 1. The molecule has 0 aliphatic rings. The lowest BCUT2D eigenvalue weighted by atomic mass is 10.1. The van der Waals surface area contributed by atoms with Gasteiger partial charge in [0.25, 0.3) is 0 Å². The molecule has 0 bridgehead atoms. The fourth-order valence-electron chi connectivity index (χ4n) is 2.03. The molecule has 0 radical (unpaired) electrons. The van der Waals surface area contributed by atoms with E-state index in [1.807, 2.05) is 6.92 Å². The monoisotopic (exact) mass is 295 g/mol. The van der Waals surface area contributed by atoms with Gasteiger partial charge in [-0.2, -0.15) is 0 Å². The molecule has 0 saturated carbocycles. The highest BCUT2D eigenvalue weighted by Gasteiger charge is 2.16.